The molecule has 1 aromatic rings. The Morgan fingerprint density at radius 1 is 1.41 bits per heavy atom. The molecule has 2 rings (SSSR count). The largest absolute Gasteiger partial charge is 0.443 e. The number of anilines is 1. The number of aromatic nitrogens is 1. The van der Waals surface area contributed by atoms with Crippen LogP contribution >= 0.6 is 0 Å². The molecule has 0 spiro atoms. The number of nitrogens with zero attached hydrogens (tertiary/aromatic N) is 2. The predicted molar refractivity (Wildman–Crippen MR) is 87.9 cm³/mol. The fourth-order valence-electron chi connectivity index (χ4n) is 2.59. The second kappa shape index (κ2) is 6.65. The third-order valence-corrected chi connectivity index (χ3v) is 3.88. The zero-order valence-corrected chi connectivity index (χ0v) is 14.0. The van der Waals surface area contributed by atoms with Crippen LogP contribution in [0.5, 0.6) is 0 Å². The van der Waals surface area contributed by atoms with Gasteiger partial charge in [0.25, 0.3) is 0 Å². The minimum Gasteiger partial charge on any atom is -0.443 e. The van der Waals surface area contributed by atoms with E-state index in [2.05, 4.69) is 4.98 Å². The number of rotatable bonds is 4. The Morgan fingerprint density at radius 3 is 2.68 bits per heavy atom. The summed E-state index contributed by atoms with van der Waals surface area (Å²) in [6.45, 7) is 5.56. The van der Waals surface area contributed by atoms with Gasteiger partial charge in [0, 0.05) is 18.8 Å². The number of aryl methyl sites for hydroxylation is 1. The molecule has 1 fully saturated rings. The lowest BCUT2D eigenvalue weighted by Crippen LogP contribution is -2.36. The van der Waals surface area contributed by atoms with Crippen molar-refractivity contribution in [1.82, 2.24) is 4.98 Å². The van der Waals surface area contributed by atoms with Gasteiger partial charge in [-0.2, -0.15) is 0 Å². The molecule has 0 aromatic carbocycles. The van der Waals surface area contributed by atoms with E-state index in [1.54, 1.807) is 7.05 Å². The predicted octanol–water partition coefficient (Wildman–Crippen LogP) is 3.12. The Balaban J connectivity index is 1.93. The first-order chi connectivity index (χ1) is 10.2. The van der Waals surface area contributed by atoms with Crippen LogP contribution < -0.4 is 10.6 Å². The molecule has 0 aliphatic heterocycles. The highest BCUT2D eigenvalue weighted by Crippen LogP contribution is 2.29. The third kappa shape index (κ3) is 4.70. The van der Waals surface area contributed by atoms with Gasteiger partial charge >= 0.3 is 6.09 Å². The Kier molecular flexibility index (Phi) is 5.06. The standard InChI is InChI=1S/C17H27N3O2/c1-17(2,3)22-16(21)20(4)15-7-5-6-14(19-15)9-8-12-10-13(18)11-12/h5-7,12-13H,8-11,18H2,1-4H3. The molecule has 1 saturated carbocycles. The van der Waals surface area contributed by atoms with Gasteiger partial charge in [-0.1, -0.05) is 6.07 Å². The summed E-state index contributed by atoms with van der Waals surface area (Å²) in [5.74, 6) is 1.35. The number of carbonyl (C=O) groups excluding carboxylic acids is 1. The first-order valence-corrected chi connectivity index (χ1v) is 7.93. The second-order valence-corrected chi connectivity index (χ2v) is 7.16. The van der Waals surface area contributed by atoms with Crippen LogP contribution in [0.2, 0.25) is 0 Å². The Labute approximate surface area is 132 Å². The van der Waals surface area contributed by atoms with Gasteiger partial charge in [0.2, 0.25) is 0 Å². The van der Waals surface area contributed by atoms with Gasteiger partial charge in [-0.25, -0.2) is 9.78 Å². The maximum atomic E-state index is 12.1. The molecule has 2 N–H and O–H groups in total. The van der Waals surface area contributed by atoms with Crippen molar-refractivity contribution in [1.29, 1.82) is 0 Å². The van der Waals surface area contributed by atoms with Gasteiger partial charge in [0.1, 0.15) is 11.4 Å². The minimum absolute atomic E-state index is 0.387. The number of carbonyl (C=O) groups is 1. The average molecular weight is 305 g/mol. The highest BCUT2D eigenvalue weighted by molar-refractivity contribution is 5.85. The summed E-state index contributed by atoms with van der Waals surface area (Å²) in [6, 6.07) is 6.16. The van der Waals surface area contributed by atoms with E-state index in [0.29, 0.717) is 11.9 Å². The molecule has 122 valence electrons. The summed E-state index contributed by atoms with van der Waals surface area (Å²) in [6.07, 6.45) is 3.89. The zero-order valence-electron chi connectivity index (χ0n) is 14.0. The van der Waals surface area contributed by atoms with Crippen molar-refractivity contribution in [2.45, 2.75) is 58.1 Å². The normalized spacial score (nSPS) is 21.1. The van der Waals surface area contributed by atoms with Gasteiger partial charge in [-0.3, -0.25) is 4.90 Å². The molecule has 0 bridgehead atoms. The minimum atomic E-state index is -0.508. The summed E-state index contributed by atoms with van der Waals surface area (Å²) in [5, 5.41) is 0. The van der Waals surface area contributed by atoms with E-state index in [0.717, 1.165) is 37.3 Å². The van der Waals surface area contributed by atoms with Crippen LogP contribution in [0.4, 0.5) is 10.6 Å². The maximum absolute atomic E-state index is 12.1. The van der Waals surface area contributed by atoms with E-state index in [4.69, 9.17) is 10.5 Å². The van der Waals surface area contributed by atoms with Crippen molar-refractivity contribution in [2.75, 3.05) is 11.9 Å². The lowest BCUT2D eigenvalue weighted by molar-refractivity contribution is 0.0588. The summed E-state index contributed by atoms with van der Waals surface area (Å²) >= 11 is 0. The molecule has 0 saturated heterocycles. The van der Waals surface area contributed by atoms with E-state index >= 15 is 0 Å². The van der Waals surface area contributed by atoms with Gasteiger partial charge in [0.05, 0.1) is 0 Å². The molecule has 1 aromatic heterocycles. The molecule has 1 amide bonds. The molecule has 1 aliphatic rings. The van der Waals surface area contributed by atoms with E-state index in [-0.39, 0.29) is 6.09 Å². The quantitative estimate of drug-likeness (QED) is 0.928. The first-order valence-electron chi connectivity index (χ1n) is 7.93. The molecule has 5 nitrogen and oxygen atoms in total. The smallest absolute Gasteiger partial charge is 0.415 e. The lowest BCUT2D eigenvalue weighted by Gasteiger charge is -2.32. The van der Waals surface area contributed by atoms with E-state index in [9.17, 15) is 4.79 Å². The Bertz CT molecular complexity index is 519. The summed E-state index contributed by atoms with van der Waals surface area (Å²) in [4.78, 5) is 18.1. The molecule has 22 heavy (non-hydrogen) atoms. The lowest BCUT2D eigenvalue weighted by atomic mass is 9.78. The van der Waals surface area contributed by atoms with Crippen molar-refractivity contribution in [2.24, 2.45) is 11.7 Å². The van der Waals surface area contributed by atoms with E-state index < -0.39 is 5.60 Å². The maximum Gasteiger partial charge on any atom is 0.415 e. The first kappa shape index (κ1) is 16.7. The van der Waals surface area contributed by atoms with Gasteiger partial charge < -0.3 is 10.5 Å². The van der Waals surface area contributed by atoms with Crippen LogP contribution in [0.15, 0.2) is 18.2 Å². The monoisotopic (exact) mass is 305 g/mol. The topological polar surface area (TPSA) is 68.5 Å². The average Bonchev–Trinajstić information content (AvgIpc) is 2.40. The summed E-state index contributed by atoms with van der Waals surface area (Å²) < 4.78 is 5.36. The number of pyridine rings is 1. The summed E-state index contributed by atoms with van der Waals surface area (Å²) in [5.41, 5.74) is 6.31. The van der Waals surface area contributed by atoms with Crippen molar-refractivity contribution >= 4 is 11.9 Å². The number of ether oxygens (including phenoxy) is 1. The van der Waals surface area contributed by atoms with Crippen LogP contribution in [0.25, 0.3) is 0 Å². The van der Waals surface area contributed by atoms with Crippen molar-refractivity contribution in [3.63, 3.8) is 0 Å². The van der Waals surface area contributed by atoms with Gasteiger partial charge in [-0.05, 0) is 64.5 Å². The Hall–Kier alpha value is -1.62. The third-order valence-electron chi connectivity index (χ3n) is 3.88. The number of hydrogen-bond donors (Lipinski definition) is 1. The van der Waals surface area contributed by atoms with Crippen molar-refractivity contribution in [3.05, 3.63) is 23.9 Å². The molecular formula is C17H27N3O2. The highest BCUT2D eigenvalue weighted by atomic mass is 16.6. The Morgan fingerprint density at radius 2 is 2.09 bits per heavy atom. The summed E-state index contributed by atoms with van der Waals surface area (Å²) in [7, 11) is 1.69. The van der Waals surface area contributed by atoms with Crippen molar-refractivity contribution in [3.8, 4) is 0 Å². The second-order valence-electron chi connectivity index (χ2n) is 7.16. The van der Waals surface area contributed by atoms with Crippen LogP contribution in [-0.4, -0.2) is 29.8 Å². The SMILES string of the molecule is CN(C(=O)OC(C)(C)C)c1cccc(CCC2CC(N)C2)n1. The number of amides is 1. The van der Waals surface area contributed by atoms with Crippen molar-refractivity contribution < 1.29 is 9.53 Å². The van der Waals surface area contributed by atoms with Crippen LogP contribution in [0, 0.1) is 5.92 Å². The molecule has 5 heteroatoms. The van der Waals surface area contributed by atoms with Crippen LogP contribution in [0.3, 0.4) is 0 Å². The van der Waals surface area contributed by atoms with Crippen LogP contribution in [0.1, 0.15) is 45.7 Å². The molecule has 0 unspecified atom stereocenters. The number of hydrogen-bond acceptors (Lipinski definition) is 4. The fraction of sp³-hybridized carbons (Fsp3) is 0.647. The molecule has 1 heterocycles. The van der Waals surface area contributed by atoms with Gasteiger partial charge in [-0.15, -0.1) is 0 Å². The van der Waals surface area contributed by atoms with E-state index in [1.165, 1.54) is 4.90 Å². The highest BCUT2D eigenvalue weighted by Gasteiger charge is 2.25. The van der Waals surface area contributed by atoms with Crippen LogP contribution in [-0.2, 0) is 11.2 Å². The fourth-order valence-corrected chi connectivity index (χ4v) is 2.59. The van der Waals surface area contributed by atoms with Gasteiger partial charge in [0.15, 0.2) is 0 Å². The number of nitrogens with two attached hydrogens (primary N) is 1. The molecule has 1 aliphatic carbocycles. The molecular weight excluding hydrogens is 278 g/mol. The molecule has 0 atom stereocenters. The zero-order chi connectivity index (χ0) is 16.3. The van der Waals surface area contributed by atoms with E-state index in [1.807, 2.05) is 39.0 Å². The molecule has 0 radical (unpaired) electrons.